The molecule has 0 amide bonds. The van der Waals surface area contributed by atoms with Crippen LogP contribution in [0.4, 0.5) is 5.69 Å². The van der Waals surface area contributed by atoms with E-state index in [9.17, 15) is 0 Å². The summed E-state index contributed by atoms with van der Waals surface area (Å²) in [6.45, 7) is 0.708. The van der Waals surface area contributed by atoms with Gasteiger partial charge in [0.15, 0.2) is 5.82 Å². The first-order valence-corrected chi connectivity index (χ1v) is 5.72. The second-order valence-electron chi connectivity index (χ2n) is 4.27. The number of hydrogen-bond acceptors (Lipinski definition) is 4. The predicted molar refractivity (Wildman–Crippen MR) is 64.0 cm³/mol. The van der Waals surface area contributed by atoms with Crippen molar-refractivity contribution < 1.29 is 4.74 Å². The van der Waals surface area contributed by atoms with Crippen LogP contribution in [0.1, 0.15) is 12.8 Å². The van der Waals surface area contributed by atoms with E-state index in [-0.39, 0.29) is 0 Å². The van der Waals surface area contributed by atoms with Gasteiger partial charge in [0.1, 0.15) is 0 Å². The average molecular weight is 230 g/mol. The molecule has 3 rings (SSSR count). The summed E-state index contributed by atoms with van der Waals surface area (Å²) >= 11 is 0. The van der Waals surface area contributed by atoms with Crippen molar-refractivity contribution in [2.75, 3.05) is 12.3 Å². The molecule has 2 aromatic rings. The second kappa shape index (κ2) is 4.08. The molecule has 2 aromatic heterocycles. The monoisotopic (exact) mass is 230 g/mol. The van der Waals surface area contributed by atoms with Crippen molar-refractivity contribution in [3.63, 3.8) is 0 Å². The fourth-order valence-electron chi connectivity index (χ4n) is 1.57. The molecule has 17 heavy (non-hydrogen) atoms. The summed E-state index contributed by atoms with van der Waals surface area (Å²) in [5.74, 6) is 1.91. The standard InChI is InChI=1S/C12H14N4O/c13-10-4-5-11(16-7-1-6-14-16)15-12(10)17-8-9-2-3-9/h1,4-7,9H,2-3,8,13H2. The van der Waals surface area contributed by atoms with Crippen LogP contribution in [0.25, 0.3) is 5.82 Å². The van der Waals surface area contributed by atoms with Crippen LogP contribution < -0.4 is 10.5 Å². The Bertz CT molecular complexity index is 505. The summed E-state index contributed by atoms with van der Waals surface area (Å²) in [6, 6.07) is 5.47. The van der Waals surface area contributed by atoms with Crippen LogP contribution in [0.5, 0.6) is 5.88 Å². The minimum Gasteiger partial charge on any atom is -0.476 e. The molecule has 0 unspecified atom stereocenters. The van der Waals surface area contributed by atoms with Crippen molar-refractivity contribution in [1.29, 1.82) is 0 Å². The molecule has 0 atom stereocenters. The Labute approximate surface area is 99.2 Å². The maximum absolute atomic E-state index is 5.83. The van der Waals surface area contributed by atoms with Gasteiger partial charge in [0.25, 0.3) is 0 Å². The van der Waals surface area contributed by atoms with Gasteiger partial charge in [-0.05, 0) is 37.0 Å². The van der Waals surface area contributed by atoms with Gasteiger partial charge in [-0.3, -0.25) is 0 Å². The molecule has 2 heterocycles. The lowest BCUT2D eigenvalue weighted by Gasteiger charge is -2.09. The van der Waals surface area contributed by atoms with Crippen LogP contribution in [-0.4, -0.2) is 21.4 Å². The first-order chi connectivity index (χ1) is 8.33. The zero-order valence-corrected chi connectivity index (χ0v) is 9.41. The molecular formula is C12H14N4O. The highest BCUT2D eigenvalue weighted by Gasteiger charge is 2.22. The number of anilines is 1. The highest BCUT2D eigenvalue weighted by Crippen LogP contribution is 2.30. The minimum atomic E-state index is 0.505. The van der Waals surface area contributed by atoms with E-state index in [0.717, 1.165) is 5.82 Å². The van der Waals surface area contributed by atoms with Crippen molar-refractivity contribution in [2.45, 2.75) is 12.8 Å². The maximum atomic E-state index is 5.83. The van der Waals surface area contributed by atoms with Crippen LogP contribution in [0, 0.1) is 5.92 Å². The molecule has 1 aliphatic rings. The lowest BCUT2D eigenvalue weighted by atomic mass is 10.4. The smallest absolute Gasteiger partial charge is 0.239 e. The first-order valence-electron chi connectivity index (χ1n) is 5.72. The molecule has 2 N–H and O–H groups in total. The number of nitrogens with two attached hydrogens (primary N) is 1. The van der Waals surface area contributed by atoms with Crippen LogP contribution in [0.2, 0.25) is 0 Å². The van der Waals surface area contributed by atoms with E-state index < -0.39 is 0 Å². The third-order valence-corrected chi connectivity index (χ3v) is 2.77. The maximum Gasteiger partial charge on any atom is 0.239 e. The third kappa shape index (κ3) is 2.22. The molecule has 5 nitrogen and oxygen atoms in total. The van der Waals surface area contributed by atoms with E-state index >= 15 is 0 Å². The quantitative estimate of drug-likeness (QED) is 0.867. The number of aromatic nitrogens is 3. The first kappa shape index (κ1) is 10.1. The van der Waals surface area contributed by atoms with E-state index in [1.54, 1.807) is 16.9 Å². The van der Waals surface area contributed by atoms with Crippen LogP contribution in [-0.2, 0) is 0 Å². The fraction of sp³-hybridized carbons (Fsp3) is 0.333. The van der Waals surface area contributed by atoms with Gasteiger partial charge >= 0.3 is 0 Å². The van der Waals surface area contributed by atoms with Gasteiger partial charge in [-0.1, -0.05) is 0 Å². The Kier molecular flexibility index (Phi) is 2.44. The molecule has 1 saturated carbocycles. The van der Waals surface area contributed by atoms with Crippen LogP contribution >= 0.6 is 0 Å². The molecule has 0 spiro atoms. The van der Waals surface area contributed by atoms with Crippen LogP contribution in [0.3, 0.4) is 0 Å². The molecule has 1 fully saturated rings. The Morgan fingerprint density at radius 3 is 3.00 bits per heavy atom. The lowest BCUT2D eigenvalue weighted by molar-refractivity contribution is 0.290. The van der Waals surface area contributed by atoms with Gasteiger partial charge in [0, 0.05) is 12.4 Å². The lowest BCUT2D eigenvalue weighted by Crippen LogP contribution is -2.06. The van der Waals surface area contributed by atoms with Crippen LogP contribution in [0.15, 0.2) is 30.6 Å². The number of nitrogens with zero attached hydrogens (tertiary/aromatic N) is 3. The Morgan fingerprint density at radius 2 is 2.29 bits per heavy atom. The molecule has 88 valence electrons. The molecule has 5 heteroatoms. The molecule has 0 aromatic carbocycles. The van der Waals surface area contributed by atoms with Crippen molar-refractivity contribution in [3.8, 4) is 11.7 Å². The summed E-state index contributed by atoms with van der Waals surface area (Å²) in [5, 5.41) is 4.12. The van der Waals surface area contributed by atoms with Gasteiger partial charge in [-0.25, -0.2) is 4.68 Å². The van der Waals surface area contributed by atoms with E-state index in [4.69, 9.17) is 10.5 Å². The number of ether oxygens (including phenoxy) is 1. The summed E-state index contributed by atoms with van der Waals surface area (Å²) in [7, 11) is 0. The SMILES string of the molecule is Nc1ccc(-n2cccn2)nc1OCC1CC1. The molecule has 0 saturated heterocycles. The number of rotatable bonds is 4. The largest absolute Gasteiger partial charge is 0.476 e. The molecule has 0 aliphatic heterocycles. The Morgan fingerprint density at radius 1 is 1.41 bits per heavy atom. The van der Waals surface area contributed by atoms with Crippen molar-refractivity contribution >= 4 is 5.69 Å². The molecule has 1 aliphatic carbocycles. The third-order valence-electron chi connectivity index (χ3n) is 2.77. The predicted octanol–water partition coefficient (Wildman–Crippen LogP) is 1.64. The van der Waals surface area contributed by atoms with Crippen molar-refractivity contribution in [3.05, 3.63) is 30.6 Å². The van der Waals surface area contributed by atoms with Gasteiger partial charge < -0.3 is 10.5 Å². The van der Waals surface area contributed by atoms with Crippen molar-refractivity contribution in [1.82, 2.24) is 14.8 Å². The summed E-state index contributed by atoms with van der Waals surface area (Å²) < 4.78 is 7.31. The zero-order valence-electron chi connectivity index (χ0n) is 9.41. The fourth-order valence-corrected chi connectivity index (χ4v) is 1.57. The van der Waals surface area contributed by atoms with Gasteiger partial charge in [0.2, 0.25) is 5.88 Å². The topological polar surface area (TPSA) is 66.0 Å². The van der Waals surface area contributed by atoms with E-state index in [1.807, 2.05) is 18.3 Å². The highest BCUT2D eigenvalue weighted by molar-refractivity contribution is 5.50. The summed E-state index contributed by atoms with van der Waals surface area (Å²) in [5.41, 5.74) is 6.40. The average Bonchev–Trinajstić information content (AvgIpc) is 3.00. The summed E-state index contributed by atoms with van der Waals surface area (Å²) in [6.07, 6.45) is 6.05. The molecule has 0 bridgehead atoms. The van der Waals surface area contributed by atoms with Gasteiger partial charge in [-0.15, -0.1) is 0 Å². The molecular weight excluding hydrogens is 216 g/mol. The highest BCUT2D eigenvalue weighted by atomic mass is 16.5. The zero-order chi connectivity index (χ0) is 11.7. The van der Waals surface area contributed by atoms with E-state index in [0.29, 0.717) is 24.1 Å². The molecule has 0 radical (unpaired) electrons. The summed E-state index contributed by atoms with van der Waals surface area (Å²) in [4.78, 5) is 4.37. The van der Waals surface area contributed by atoms with Gasteiger partial charge in [0.05, 0.1) is 12.3 Å². The number of pyridine rings is 1. The van der Waals surface area contributed by atoms with E-state index in [2.05, 4.69) is 10.1 Å². The minimum absolute atomic E-state index is 0.505. The van der Waals surface area contributed by atoms with Crippen molar-refractivity contribution in [2.24, 2.45) is 5.92 Å². The Hall–Kier alpha value is -2.04. The number of hydrogen-bond donors (Lipinski definition) is 1. The normalized spacial score (nSPS) is 14.8. The second-order valence-corrected chi connectivity index (χ2v) is 4.27. The Balaban J connectivity index is 1.83. The number of nitrogen functional groups attached to an aromatic ring is 1. The van der Waals surface area contributed by atoms with Gasteiger partial charge in [-0.2, -0.15) is 10.1 Å². The van der Waals surface area contributed by atoms with E-state index in [1.165, 1.54) is 12.8 Å².